The Kier molecular flexibility index (Phi) is 9.27. The van der Waals surface area contributed by atoms with Crippen LogP contribution in [0.2, 0.25) is 0 Å². The Morgan fingerprint density at radius 3 is 2.08 bits per heavy atom. The fourth-order valence-corrected chi connectivity index (χ4v) is 2.27. The second kappa shape index (κ2) is 10.1. The van der Waals surface area contributed by atoms with Gasteiger partial charge in [-0.05, 0) is 6.42 Å². The Bertz CT molecular complexity index is 592. The van der Waals surface area contributed by atoms with Gasteiger partial charge < -0.3 is 20.8 Å². The molecule has 138 valence electrons. The summed E-state index contributed by atoms with van der Waals surface area (Å²) in [7, 11) is -4.77. The minimum absolute atomic E-state index is 0.150. The molecule has 0 aromatic heterocycles. The number of carbonyl (C=O) groups is 4. The standard InChI is InChI=1S/C10H17N3O9S2/c14-7(2-1-5(10(18)19)13-24(20,21)22)12-6(4-23)9(17)11-3-8(15)16/h5-6,13,23H,1-4H2,(H,11,17)(H,12,14)(H,15,16)(H,18,19)(H,20,21,22)/t5-,6-/m0/s1. The summed E-state index contributed by atoms with van der Waals surface area (Å²) in [5, 5.41) is 21.4. The fraction of sp³-hybridized carbons (Fsp3) is 0.600. The van der Waals surface area contributed by atoms with E-state index in [1.54, 1.807) is 0 Å². The van der Waals surface area contributed by atoms with Crippen LogP contribution < -0.4 is 15.4 Å². The van der Waals surface area contributed by atoms with E-state index in [0.29, 0.717) is 0 Å². The number of rotatable bonds is 11. The molecule has 0 radical (unpaired) electrons. The molecule has 6 N–H and O–H groups in total. The van der Waals surface area contributed by atoms with Crippen LogP contribution in [0.15, 0.2) is 0 Å². The molecule has 0 fully saturated rings. The van der Waals surface area contributed by atoms with Crippen molar-refractivity contribution in [3.8, 4) is 0 Å². The first kappa shape index (κ1) is 22.1. The van der Waals surface area contributed by atoms with Crippen molar-refractivity contribution in [2.45, 2.75) is 24.9 Å². The lowest BCUT2D eigenvalue weighted by molar-refractivity contribution is -0.139. The summed E-state index contributed by atoms with van der Waals surface area (Å²) in [6.45, 7) is -0.654. The van der Waals surface area contributed by atoms with Gasteiger partial charge in [-0.3, -0.25) is 23.7 Å². The maximum absolute atomic E-state index is 11.7. The van der Waals surface area contributed by atoms with Crippen LogP contribution in [0.1, 0.15) is 12.8 Å². The zero-order chi connectivity index (χ0) is 18.9. The molecular formula is C10H17N3O9S2. The number of thiol groups is 1. The van der Waals surface area contributed by atoms with E-state index in [2.05, 4.69) is 17.9 Å². The number of aliphatic carboxylic acids is 2. The molecule has 24 heavy (non-hydrogen) atoms. The summed E-state index contributed by atoms with van der Waals surface area (Å²) < 4.78 is 31.2. The number of amides is 2. The second-order valence-corrected chi connectivity index (χ2v) is 5.99. The quantitative estimate of drug-likeness (QED) is 0.145. The average Bonchev–Trinajstić information content (AvgIpc) is 2.45. The van der Waals surface area contributed by atoms with Crippen molar-refractivity contribution in [3.63, 3.8) is 0 Å². The Morgan fingerprint density at radius 1 is 1.08 bits per heavy atom. The summed E-state index contributed by atoms with van der Waals surface area (Å²) >= 11 is 3.83. The minimum Gasteiger partial charge on any atom is -0.480 e. The molecule has 0 heterocycles. The molecule has 0 unspecified atom stereocenters. The molecule has 2 atom stereocenters. The maximum Gasteiger partial charge on any atom is 0.334 e. The van der Waals surface area contributed by atoms with E-state index in [0.717, 1.165) is 0 Å². The van der Waals surface area contributed by atoms with E-state index in [1.807, 2.05) is 5.32 Å². The van der Waals surface area contributed by atoms with Crippen molar-refractivity contribution in [1.29, 1.82) is 0 Å². The summed E-state index contributed by atoms with van der Waals surface area (Å²) in [4.78, 5) is 44.4. The largest absolute Gasteiger partial charge is 0.480 e. The SMILES string of the molecule is O=C(O)CNC(=O)[C@H](CS)NC(=O)CC[C@H](NS(=O)(=O)O)C(=O)O. The molecule has 0 rings (SSSR count). The van der Waals surface area contributed by atoms with Gasteiger partial charge in [-0.2, -0.15) is 25.8 Å². The molecule has 0 aliphatic rings. The first-order valence-corrected chi connectivity index (χ1v) is 8.40. The summed E-state index contributed by atoms with van der Waals surface area (Å²) in [6.07, 6.45) is -0.965. The average molecular weight is 387 g/mol. The molecular weight excluding hydrogens is 370 g/mol. The van der Waals surface area contributed by atoms with Crippen LogP contribution in [0.3, 0.4) is 0 Å². The van der Waals surface area contributed by atoms with Crippen molar-refractivity contribution in [3.05, 3.63) is 0 Å². The highest BCUT2D eigenvalue weighted by Gasteiger charge is 2.25. The first-order chi connectivity index (χ1) is 11.0. The lowest BCUT2D eigenvalue weighted by Gasteiger charge is -2.17. The molecule has 14 heteroatoms. The van der Waals surface area contributed by atoms with Crippen LogP contribution in [0.5, 0.6) is 0 Å². The summed E-state index contributed by atoms with van der Waals surface area (Å²) in [5.74, 6) is -4.63. The number of carboxylic acid groups (broad SMARTS) is 2. The third-order valence-corrected chi connectivity index (χ3v) is 3.45. The maximum atomic E-state index is 11.7. The molecule has 2 amide bonds. The van der Waals surface area contributed by atoms with Crippen molar-refractivity contribution in [2.24, 2.45) is 0 Å². The molecule has 0 spiro atoms. The van der Waals surface area contributed by atoms with Gasteiger partial charge in [-0.25, -0.2) is 0 Å². The molecule has 0 aromatic carbocycles. The number of nitrogens with one attached hydrogen (secondary N) is 3. The van der Waals surface area contributed by atoms with Gasteiger partial charge in [-0.15, -0.1) is 0 Å². The Balaban J connectivity index is 4.55. The fourth-order valence-electron chi connectivity index (χ4n) is 1.43. The van der Waals surface area contributed by atoms with Gasteiger partial charge in [0.25, 0.3) is 0 Å². The van der Waals surface area contributed by atoms with Crippen LogP contribution in [-0.4, -0.2) is 71.3 Å². The summed E-state index contributed by atoms with van der Waals surface area (Å²) in [6, 6.07) is -2.89. The first-order valence-electron chi connectivity index (χ1n) is 6.33. The Hall–Kier alpha value is -1.90. The van der Waals surface area contributed by atoms with Gasteiger partial charge >= 0.3 is 22.2 Å². The minimum atomic E-state index is -4.77. The monoisotopic (exact) mass is 387 g/mol. The van der Waals surface area contributed by atoms with Gasteiger partial charge in [0.1, 0.15) is 18.6 Å². The van der Waals surface area contributed by atoms with Crippen LogP contribution in [0.25, 0.3) is 0 Å². The van der Waals surface area contributed by atoms with Crippen LogP contribution in [-0.2, 0) is 29.5 Å². The van der Waals surface area contributed by atoms with Gasteiger partial charge in [0, 0.05) is 12.2 Å². The van der Waals surface area contributed by atoms with Crippen molar-refractivity contribution < 1.29 is 42.4 Å². The van der Waals surface area contributed by atoms with Crippen molar-refractivity contribution in [1.82, 2.24) is 15.4 Å². The molecule has 12 nitrogen and oxygen atoms in total. The molecule has 0 saturated carbocycles. The van der Waals surface area contributed by atoms with Crippen molar-refractivity contribution >= 4 is 46.7 Å². The summed E-state index contributed by atoms with van der Waals surface area (Å²) in [5.41, 5.74) is 0. The molecule has 0 bridgehead atoms. The second-order valence-electron chi connectivity index (χ2n) is 4.44. The lowest BCUT2D eigenvalue weighted by Crippen LogP contribution is -2.49. The smallest absolute Gasteiger partial charge is 0.334 e. The number of carboxylic acids is 2. The highest BCUT2D eigenvalue weighted by atomic mass is 32.2. The Labute approximate surface area is 142 Å². The lowest BCUT2D eigenvalue weighted by atomic mass is 10.1. The normalized spacial score (nSPS) is 13.6. The third-order valence-electron chi connectivity index (χ3n) is 2.50. The van der Waals surface area contributed by atoms with Gasteiger partial charge in [0.2, 0.25) is 11.8 Å². The zero-order valence-corrected chi connectivity index (χ0v) is 13.8. The van der Waals surface area contributed by atoms with E-state index < -0.39 is 65.5 Å². The third kappa shape index (κ3) is 9.98. The molecule has 0 aliphatic heterocycles. The van der Waals surface area contributed by atoms with E-state index in [9.17, 15) is 27.6 Å². The highest BCUT2D eigenvalue weighted by Crippen LogP contribution is 2.01. The number of hydrogen-bond acceptors (Lipinski definition) is 7. The van der Waals surface area contributed by atoms with E-state index >= 15 is 0 Å². The number of hydrogen-bond donors (Lipinski definition) is 7. The topological polar surface area (TPSA) is 199 Å². The van der Waals surface area contributed by atoms with Crippen molar-refractivity contribution in [2.75, 3.05) is 12.3 Å². The van der Waals surface area contributed by atoms with E-state index in [1.165, 1.54) is 4.72 Å². The van der Waals surface area contributed by atoms with E-state index in [-0.39, 0.29) is 5.75 Å². The van der Waals surface area contributed by atoms with Gasteiger partial charge in [0.05, 0.1) is 0 Å². The predicted molar refractivity (Wildman–Crippen MR) is 81.8 cm³/mol. The van der Waals surface area contributed by atoms with Gasteiger partial charge in [-0.1, -0.05) is 0 Å². The predicted octanol–water partition coefficient (Wildman–Crippen LogP) is -2.77. The molecule has 0 aromatic rings. The molecule has 0 saturated heterocycles. The Morgan fingerprint density at radius 2 is 1.67 bits per heavy atom. The van der Waals surface area contributed by atoms with E-state index in [4.69, 9.17) is 14.8 Å². The highest BCUT2D eigenvalue weighted by molar-refractivity contribution is 7.83. The van der Waals surface area contributed by atoms with Crippen LogP contribution in [0, 0.1) is 0 Å². The molecule has 0 aliphatic carbocycles. The van der Waals surface area contributed by atoms with Gasteiger partial charge in [0.15, 0.2) is 0 Å². The van der Waals surface area contributed by atoms with Crippen LogP contribution in [0.4, 0.5) is 0 Å². The van der Waals surface area contributed by atoms with Crippen LogP contribution >= 0.6 is 12.6 Å². The number of carbonyl (C=O) groups excluding carboxylic acids is 2. The zero-order valence-electron chi connectivity index (χ0n) is 12.1.